The molecule has 0 aromatic heterocycles. The van der Waals surface area contributed by atoms with Crippen LogP contribution in [0.4, 0.5) is 11.4 Å². The van der Waals surface area contributed by atoms with E-state index in [1.807, 2.05) is 6.92 Å². The van der Waals surface area contributed by atoms with E-state index in [1.165, 1.54) is 4.31 Å². The fourth-order valence-electron chi connectivity index (χ4n) is 3.69. The Bertz CT molecular complexity index is 730. The van der Waals surface area contributed by atoms with Gasteiger partial charge in [-0.1, -0.05) is 18.9 Å². The smallest absolute Gasteiger partial charge is 0.235 e. The maximum Gasteiger partial charge on any atom is 0.235 e. The van der Waals surface area contributed by atoms with Gasteiger partial charge in [0.15, 0.2) is 0 Å². The first-order chi connectivity index (χ1) is 11.3. The summed E-state index contributed by atoms with van der Waals surface area (Å²) in [6.45, 7) is 2.42. The molecule has 1 aliphatic carbocycles. The molecular formula is C17H25N3O3S. The summed E-state index contributed by atoms with van der Waals surface area (Å²) in [5.74, 6) is -0.122. The fourth-order valence-corrected chi connectivity index (χ4v) is 5.24. The molecule has 1 heterocycles. The van der Waals surface area contributed by atoms with Gasteiger partial charge in [-0.05, 0) is 44.4 Å². The van der Waals surface area contributed by atoms with Crippen LogP contribution in [-0.2, 0) is 14.8 Å². The van der Waals surface area contributed by atoms with Gasteiger partial charge in [0.25, 0.3) is 0 Å². The lowest BCUT2D eigenvalue weighted by atomic mass is 9.74. The summed E-state index contributed by atoms with van der Waals surface area (Å²) in [4.78, 5) is 12.6. The van der Waals surface area contributed by atoms with Gasteiger partial charge in [0.1, 0.15) is 0 Å². The summed E-state index contributed by atoms with van der Waals surface area (Å²) >= 11 is 0. The van der Waals surface area contributed by atoms with E-state index in [0.29, 0.717) is 24.3 Å². The van der Waals surface area contributed by atoms with E-state index in [9.17, 15) is 13.2 Å². The largest absolute Gasteiger partial charge is 0.326 e. The number of nitrogens with two attached hydrogens (primary N) is 1. The van der Waals surface area contributed by atoms with Crippen LogP contribution in [0.2, 0.25) is 0 Å². The number of nitrogens with zero attached hydrogens (tertiary/aromatic N) is 1. The van der Waals surface area contributed by atoms with E-state index >= 15 is 0 Å². The van der Waals surface area contributed by atoms with Crippen LogP contribution in [0.25, 0.3) is 0 Å². The van der Waals surface area contributed by atoms with Crippen molar-refractivity contribution in [3.05, 3.63) is 24.3 Å². The van der Waals surface area contributed by atoms with Crippen LogP contribution in [-0.4, -0.2) is 32.2 Å². The third-order valence-corrected chi connectivity index (χ3v) is 6.94. The first-order valence-electron chi connectivity index (χ1n) is 8.50. The molecule has 7 heteroatoms. The second kappa shape index (κ2) is 6.37. The van der Waals surface area contributed by atoms with Gasteiger partial charge in [0.2, 0.25) is 15.9 Å². The molecule has 1 saturated carbocycles. The van der Waals surface area contributed by atoms with Gasteiger partial charge < -0.3 is 11.1 Å². The first-order valence-corrected chi connectivity index (χ1v) is 10.1. The van der Waals surface area contributed by atoms with Gasteiger partial charge >= 0.3 is 0 Å². The van der Waals surface area contributed by atoms with Gasteiger partial charge in [0, 0.05) is 17.8 Å². The minimum Gasteiger partial charge on any atom is -0.326 e. The van der Waals surface area contributed by atoms with E-state index in [-0.39, 0.29) is 17.6 Å². The van der Waals surface area contributed by atoms with Crippen LogP contribution in [0.1, 0.15) is 39.0 Å². The Balaban J connectivity index is 1.76. The topological polar surface area (TPSA) is 92.5 Å². The minimum absolute atomic E-state index is 0.0823. The maximum absolute atomic E-state index is 12.6. The van der Waals surface area contributed by atoms with Crippen LogP contribution >= 0.6 is 0 Å². The van der Waals surface area contributed by atoms with Gasteiger partial charge in [-0.2, -0.15) is 0 Å². The summed E-state index contributed by atoms with van der Waals surface area (Å²) in [6, 6.07) is 7.02. The number of carbonyl (C=O) groups excluding carboxylic acids is 1. The second-order valence-electron chi connectivity index (χ2n) is 7.09. The highest BCUT2D eigenvalue weighted by atomic mass is 32.2. The number of rotatable bonds is 3. The van der Waals surface area contributed by atoms with Crippen molar-refractivity contribution in [1.29, 1.82) is 0 Å². The zero-order valence-electron chi connectivity index (χ0n) is 14.0. The SMILES string of the molecule is CC1(N)CCCCC1C(=O)Nc1cccc(N2CCCS2(=O)=O)c1. The van der Waals surface area contributed by atoms with Crippen molar-refractivity contribution in [2.75, 3.05) is 21.9 Å². The maximum atomic E-state index is 12.6. The van der Waals surface area contributed by atoms with Crippen molar-refractivity contribution in [1.82, 2.24) is 0 Å². The highest BCUT2D eigenvalue weighted by Crippen LogP contribution is 2.33. The Hall–Kier alpha value is -1.60. The van der Waals surface area contributed by atoms with Crippen molar-refractivity contribution in [3.8, 4) is 0 Å². The number of nitrogens with one attached hydrogen (secondary N) is 1. The van der Waals surface area contributed by atoms with E-state index in [1.54, 1.807) is 24.3 Å². The number of anilines is 2. The quantitative estimate of drug-likeness (QED) is 0.872. The molecule has 1 aromatic carbocycles. The molecule has 2 atom stereocenters. The number of carbonyl (C=O) groups is 1. The van der Waals surface area contributed by atoms with Crippen LogP contribution in [0.3, 0.4) is 0 Å². The number of benzene rings is 1. The van der Waals surface area contributed by atoms with Crippen molar-refractivity contribution >= 4 is 27.3 Å². The van der Waals surface area contributed by atoms with Crippen molar-refractivity contribution in [2.45, 2.75) is 44.6 Å². The van der Waals surface area contributed by atoms with Gasteiger partial charge in [0.05, 0.1) is 17.4 Å². The average molecular weight is 351 g/mol. The highest BCUT2D eigenvalue weighted by Gasteiger charge is 2.37. The molecule has 132 valence electrons. The normalized spacial score (nSPS) is 29.4. The van der Waals surface area contributed by atoms with Crippen LogP contribution in [0, 0.1) is 5.92 Å². The van der Waals surface area contributed by atoms with E-state index < -0.39 is 15.6 Å². The standard InChI is InChI=1S/C17H25N3O3S/c1-17(18)9-3-2-8-15(17)16(21)19-13-6-4-7-14(12-13)20-10-5-11-24(20,22)23/h4,6-7,12,15H,2-3,5,8-11,18H2,1H3,(H,19,21). The Morgan fingerprint density at radius 1 is 1.33 bits per heavy atom. The highest BCUT2D eigenvalue weighted by molar-refractivity contribution is 7.93. The molecule has 1 amide bonds. The van der Waals surface area contributed by atoms with E-state index in [4.69, 9.17) is 5.73 Å². The molecule has 3 N–H and O–H groups in total. The lowest BCUT2D eigenvalue weighted by molar-refractivity contribution is -0.122. The molecule has 24 heavy (non-hydrogen) atoms. The molecule has 0 spiro atoms. The second-order valence-corrected chi connectivity index (χ2v) is 9.10. The number of sulfonamides is 1. The molecule has 0 bridgehead atoms. The molecular weight excluding hydrogens is 326 g/mol. The van der Waals surface area contributed by atoms with Crippen molar-refractivity contribution in [3.63, 3.8) is 0 Å². The number of hydrogen-bond acceptors (Lipinski definition) is 4. The predicted molar refractivity (Wildman–Crippen MR) is 95.4 cm³/mol. The molecule has 2 unspecified atom stereocenters. The summed E-state index contributed by atoms with van der Waals surface area (Å²) in [5, 5.41) is 2.92. The number of hydrogen-bond donors (Lipinski definition) is 2. The van der Waals surface area contributed by atoms with Gasteiger partial charge in [-0.15, -0.1) is 0 Å². The molecule has 0 radical (unpaired) electrons. The van der Waals surface area contributed by atoms with E-state index in [0.717, 1.165) is 25.7 Å². The summed E-state index contributed by atoms with van der Waals surface area (Å²) in [6.07, 6.45) is 4.33. The first kappa shape index (κ1) is 17.2. The average Bonchev–Trinajstić information content (AvgIpc) is 2.86. The lowest BCUT2D eigenvalue weighted by Crippen LogP contribution is -2.51. The Morgan fingerprint density at radius 2 is 2.12 bits per heavy atom. The monoisotopic (exact) mass is 351 g/mol. The van der Waals surface area contributed by atoms with E-state index in [2.05, 4.69) is 5.32 Å². The molecule has 1 aliphatic heterocycles. The number of amides is 1. The van der Waals surface area contributed by atoms with Crippen molar-refractivity contribution in [2.24, 2.45) is 11.7 Å². The molecule has 1 saturated heterocycles. The lowest BCUT2D eigenvalue weighted by Gasteiger charge is -2.37. The molecule has 2 aliphatic rings. The van der Waals surface area contributed by atoms with Crippen LogP contribution in [0.5, 0.6) is 0 Å². The Kier molecular flexibility index (Phi) is 4.57. The molecule has 6 nitrogen and oxygen atoms in total. The zero-order chi connectivity index (χ0) is 17.4. The molecule has 2 fully saturated rings. The summed E-state index contributed by atoms with van der Waals surface area (Å²) in [7, 11) is -3.22. The fraction of sp³-hybridized carbons (Fsp3) is 0.588. The predicted octanol–water partition coefficient (Wildman–Crippen LogP) is 2.07. The third-order valence-electron chi connectivity index (χ3n) is 5.07. The molecule has 1 aromatic rings. The summed E-state index contributed by atoms with van der Waals surface area (Å²) < 4.78 is 25.5. The van der Waals surface area contributed by atoms with Crippen LogP contribution in [0.15, 0.2) is 24.3 Å². The third kappa shape index (κ3) is 3.42. The Labute approximate surface area is 143 Å². The van der Waals surface area contributed by atoms with Crippen molar-refractivity contribution < 1.29 is 13.2 Å². The van der Waals surface area contributed by atoms with Gasteiger partial charge in [-0.25, -0.2) is 8.42 Å². The van der Waals surface area contributed by atoms with Crippen LogP contribution < -0.4 is 15.4 Å². The summed E-state index contributed by atoms with van der Waals surface area (Å²) in [5.41, 5.74) is 7.02. The molecule has 3 rings (SSSR count). The van der Waals surface area contributed by atoms with Gasteiger partial charge in [-0.3, -0.25) is 9.10 Å². The zero-order valence-corrected chi connectivity index (χ0v) is 14.8. The Morgan fingerprint density at radius 3 is 2.79 bits per heavy atom. The minimum atomic E-state index is -3.22.